The molecule has 3 rings (SSSR count). The summed E-state index contributed by atoms with van der Waals surface area (Å²) in [5, 5.41) is 2.25. The Morgan fingerprint density at radius 1 is 1.03 bits per heavy atom. The molecule has 1 aromatic rings. The predicted molar refractivity (Wildman–Crippen MR) is 107 cm³/mol. The van der Waals surface area contributed by atoms with Crippen molar-refractivity contribution in [2.24, 2.45) is 17.8 Å². The van der Waals surface area contributed by atoms with E-state index >= 15 is 0 Å². The summed E-state index contributed by atoms with van der Waals surface area (Å²) in [5.41, 5.74) is 1.43. The van der Waals surface area contributed by atoms with Crippen LogP contribution < -0.4 is 5.32 Å². The summed E-state index contributed by atoms with van der Waals surface area (Å²) in [7, 11) is 0. The molecule has 0 spiro atoms. The summed E-state index contributed by atoms with van der Waals surface area (Å²) in [4.78, 5) is 48.7. The number of hydrogen-bond acceptors (Lipinski definition) is 5. The number of fused-ring (bicyclic) bond motifs is 2. The number of ketones is 1. The molecule has 156 valence electrons. The van der Waals surface area contributed by atoms with Gasteiger partial charge in [-0.2, -0.15) is 0 Å². The van der Waals surface area contributed by atoms with Gasteiger partial charge in [-0.3, -0.25) is 24.5 Å². The second kappa shape index (κ2) is 8.47. The molecule has 29 heavy (non-hydrogen) atoms. The van der Waals surface area contributed by atoms with E-state index < -0.39 is 24.4 Å². The number of ether oxygens (including phenoxy) is 1. The van der Waals surface area contributed by atoms with Gasteiger partial charge in [0, 0.05) is 17.4 Å². The van der Waals surface area contributed by atoms with Gasteiger partial charge in [0.05, 0.1) is 5.92 Å². The average molecular weight is 399 g/mol. The van der Waals surface area contributed by atoms with E-state index in [4.69, 9.17) is 4.74 Å². The Kier molecular flexibility index (Phi) is 6.20. The minimum atomic E-state index is -0.657. The highest BCUT2D eigenvalue weighted by Crippen LogP contribution is 2.40. The van der Waals surface area contributed by atoms with Crippen LogP contribution in [-0.2, 0) is 24.5 Å². The van der Waals surface area contributed by atoms with E-state index in [1.54, 1.807) is 12.1 Å². The minimum Gasteiger partial charge on any atom is -0.455 e. The maximum Gasteiger partial charge on any atom is 0.309 e. The van der Waals surface area contributed by atoms with Crippen LogP contribution in [0.15, 0.2) is 24.3 Å². The number of imide groups is 1. The van der Waals surface area contributed by atoms with Crippen LogP contribution >= 0.6 is 0 Å². The van der Waals surface area contributed by atoms with Crippen molar-refractivity contribution in [1.82, 2.24) is 5.32 Å². The summed E-state index contributed by atoms with van der Waals surface area (Å²) in [6, 6.07) is 7.07. The fraction of sp³-hybridized carbons (Fsp3) is 0.565. The van der Waals surface area contributed by atoms with Gasteiger partial charge < -0.3 is 4.74 Å². The number of Topliss-reactive ketones (excluding diaryl/α,β-unsaturated/α-hetero) is 1. The van der Waals surface area contributed by atoms with E-state index in [-0.39, 0.29) is 29.0 Å². The second-order valence-electron chi connectivity index (χ2n) is 9.21. The van der Waals surface area contributed by atoms with Gasteiger partial charge in [0.1, 0.15) is 5.78 Å². The van der Waals surface area contributed by atoms with Crippen molar-refractivity contribution in [3.05, 3.63) is 35.4 Å². The topological polar surface area (TPSA) is 89.5 Å². The highest BCUT2D eigenvalue weighted by atomic mass is 16.5. The molecule has 1 unspecified atom stereocenters. The smallest absolute Gasteiger partial charge is 0.309 e. The lowest BCUT2D eigenvalue weighted by Gasteiger charge is -2.36. The van der Waals surface area contributed by atoms with Gasteiger partial charge >= 0.3 is 5.97 Å². The molecule has 1 aromatic carbocycles. The standard InChI is InChI=1S/C23H29NO5/c1-23(2,3)18-9-7-14(8-10-18)21(27)24-19(25)13-29-22(28)17-11-15-5-4-6-16(12-17)20(15)26/h7-10,15-17H,4-6,11-13H2,1-3H3,(H,24,25,27)/t15-,16+,17?. The fourth-order valence-electron chi connectivity index (χ4n) is 4.28. The number of carbonyl (C=O) groups is 4. The van der Waals surface area contributed by atoms with Crippen molar-refractivity contribution < 1.29 is 23.9 Å². The zero-order valence-corrected chi connectivity index (χ0v) is 17.3. The summed E-state index contributed by atoms with van der Waals surface area (Å²) < 4.78 is 5.13. The van der Waals surface area contributed by atoms with E-state index in [1.807, 2.05) is 12.1 Å². The van der Waals surface area contributed by atoms with Gasteiger partial charge in [-0.1, -0.05) is 39.3 Å². The number of nitrogens with one attached hydrogen (secondary N) is 1. The molecule has 0 heterocycles. The fourth-order valence-corrected chi connectivity index (χ4v) is 4.28. The number of hydrogen-bond donors (Lipinski definition) is 1. The third kappa shape index (κ3) is 5.11. The van der Waals surface area contributed by atoms with Gasteiger partial charge in [0.25, 0.3) is 11.8 Å². The van der Waals surface area contributed by atoms with Crippen LogP contribution in [0.1, 0.15) is 68.8 Å². The third-order valence-electron chi connectivity index (χ3n) is 5.99. The number of rotatable bonds is 4. The summed E-state index contributed by atoms with van der Waals surface area (Å²) in [6.45, 7) is 5.74. The van der Waals surface area contributed by atoms with Gasteiger partial charge in [-0.25, -0.2) is 0 Å². The third-order valence-corrected chi connectivity index (χ3v) is 5.99. The van der Waals surface area contributed by atoms with Gasteiger partial charge in [0.15, 0.2) is 6.61 Å². The molecular formula is C23H29NO5. The Labute approximate surface area is 171 Å². The molecule has 0 aliphatic heterocycles. The first-order valence-electron chi connectivity index (χ1n) is 10.3. The van der Waals surface area contributed by atoms with Gasteiger partial charge in [0.2, 0.25) is 0 Å². The van der Waals surface area contributed by atoms with Crippen molar-refractivity contribution in [2.75, 3.05) is 6.61 Å². The molecule has 2 bridgehead atoms. The van der Waals surface area contributed by atoms with Crippen molar-refractivity contribution >= 4 is 23.6 Å². The van der Waals surface area contributed by atoms with Gasteiger partial charge in [-0.05, 0) is 48.8 Å². The Bertz CT molecular complexity index is 790. The SMILES string of the molecule is CC(C)(C)c1ccc(C(=O)NC(=O)COC(=O)C2C[C@H]3CCC[C@@H](C2)C3=O)cc1. The van der Waals surface area contributed by atoms with Crippen molar-refractivity contribution in [3.8, 4) is 0 Å². The molecule has 0 radical (unpaired) electrons. The van der Waals surface area contributed by atoms with Crippen LogP contribution in [0.5, 0.6) is 0 Å². The first-order chi connectivity index (χ1) is 13.6. The summed E-state index contributed by atoms with van der Waals surface area (Å²) in [6.07, 6.45) is 3.72. The Morgan fingerprint density at radius 3 is 2.17 bits per heavy atom. The lowest BCUT2D eigenvalue weighted by Crippen LogP contribution is -2.40. The van der Waals surface area contributed by atoms with Crippen LogP contribution in [-0.4, -0.2) is 30.2 Å². The number of benzene rings is 1. The van der Waals surface area contributed by atoms with Crippen LogP contribution in [0, 0.1) is 17.8 Å². The monoisotopic (exact) mass is 399 g/mol. The maximum absolute atomic E-state index is 12.3. The predicted octanol–water partition coefficient (Wildman–Crippen LogP) is 3.18. The number of carbonyl (C=O) groups excluding carboxylic acids is 4. The Morgan fingerprint density at radius 2 is 1.62 bits per heavy atom. The van der Waals surface area contributed by atoms with Gasteiger partial charge in [-0.15, -0.1) is 0 Å². The molecule has 2 aliphatic rings. The Hall–Kier alpha value is -2.50. The van der Waals surface area contributed by atoms with E-state index in [2.05, 4.69) is 26.1 Å². The van der Waals surface area contributed by atoms with Crippen LogP contribution in [0.4, 0.5) is 0 Å². The zero-order chi connectivity index (χ0) is 21.2. The van der Waals surface area contributed by atoms with E-state index in [1.165, 1.54) is 0 Å². The molecule has 6 heteroatoms. The average Bonchev–Trinajstić information content (AvgIpc) is 2.65. The van der Waals surface area contributed by atoms with Crippen LogP contribution in [0.2, 0.25) is 0 Å². The molecule has 3 atom stereocenters. The summed E-state index contributed by atoms with van der Waals surface area (Å²) in [5.74, 6) is -1.79. The van der Waals surface area contributed by atoms with E-state index in [0.29, 0.717) is 18.4 Å². The first-order valence-corrected chi connectivity index (χ1v) is 10.3. The molecule has 0 saturated heterocycles. The molecule has 2 amide bonds. The second-order valence-corrected chi connectivity index (χ2v) is 9.21. The van der Waals surface area contributed by atoms with Crippen molar-refractivity contribution in [3.63, 3.8) is 0 Å². The molecule has 1 N–H and O–H groups in total. The molecule has 2 aliphatic carbocycles. The largest absolute Gasteiger partial charge is 0.455 e. The first kappa shape index (κ1) is 21.2. The molecule has 2 saturated carbocycles. The van der Waals surface area contributed by atoms with E-state index in [9.17, 15) is 19.2 Å². The number of amides is 2. The minimum absolute atomic E-state index is 0.0265. The normalized spacial score (nSPS) is 24.0. The zero-order valence-electron chi connectivity index (χ0n) is 17.3. The van der Waals surface area contributed by atoms with Crippen LogP contribution in [0.25, 0.3) is 0 Å². The molecule has 6 nitrogen and oxygen atoms in total. The number of esters is 1. The highest BCUT2D eigenvalue weighted by Gasteiger charge is 2.41. The molecular weight excluding hydrogens is 370 g/mol. The van der Waals surface area contributed by atoms with Crippen molar-refractivity contribution in [2.45, 2.75) is 58.3 Å². The van der Waals surface area contributed by atoms with Crippen molar-refractivity contribution in [1.29, 1.82) is 0 Å². The summed E-state index contributed by atoms with van der Waals surface area (Å²) >= 11 is 0. The van der Waals surface area contributed by atoms with E-state index in [0.717, 1.165) is 24.8 Å². The van der Waals surface area contributed by atoms with Crippen LogP contribution in [0.3, 0.4) is 0 Å². The quantitative estimate of drug-likeness (QED) is 0.786. The lowest BCUT2D eigenvalue weighted by molar-refractivity contribution is -0.156. The maximum atomic E-state index is 12.3. The highest BCUT2D eigenvalue weighted by molar-refractivity contribution is 6.05. The molecule has 0 aromatic heterocycles. The molecule has 2 fully saturated rings. The Balaban J connectivity index is 1.47. The lowest BCUT2D eigenvalue weighted by atomic mass is 9.67.